The highest BCUT2D eigenvalue weighted by molar-refractivity contribution is 9.11. The summed E-state index contributed by atoms with van der Waals surface area (Å²) < 4.78 is 5.98. The Morgan fingerprint density at radius 2 is 1.95 bits per heavy atom. The molecule has 0 unspecified atom stereocenters. The van der Waals surface area contributed by atoms with Crippen LogP contribution in [0.4, 0.5) is 0 Å². The quantitative estimate of drug-likeness (QED) is 0.511. The minimum atomic E-state index is -1.62. The lowest BCUT2D eigenvalue weighted by molar-refractivity contribution is -0.234. The molecule has 0 aliphatic carbocycles. The number of rotatable bonds is 2. The fourth-order valence-corrected chi connectivity index (χ4v) is 2.31. The number of aliphatic hydroxyl groups excluding tert-OH is 3. The Balaban J connectivity index is 2.45. The van der Waals surface area contributed by atoms with Gasteiger partial charge in [0.1, 0.15) is 24.4 Å². The molecule has 110 valence electrons. The third-order valence-corrected chi connectivity index (χ3v) is 3.34. The number of hydrogen-bond acceptors (Lipinski definition) is 6. The number of aromatic nitrogens is 2. The molecule has 0 saturated carbocycles. The van der Waals surface area contributed by atoms with Gasteiger partial charge in [-0.1, -0.05) is 15.9 Å². The van der Waals surface area contributed by atoms with Crippen LogP contribution >= 0.6 is 15.9 Å². The number of H-pyrrole nitrogens is 1. The van der Waals surface area contributed by atoms with Crippen LogP contribution in [-0.4, -0.2) is 49.3 Å². The zero-order valence-electron chi connectivity index (χ0n) is 10.1. The Labute approximate surface area is 121 Å². The van der Waals surface area contributed by atoms with Gasteiger partial charge in [-0.25, -0.2) is 9.36 Å². The van der Waals surface area contributed by atoms with Gasteiger partial charge in [-0.2, -0.15) is 0 Å². The zero-order valence-corrected chi connectivity index (χ0v) is 11.7. The van der Waals surface area contributed by atoms with Gasteiger partial charge in [0.2, 0.25) is 0 Å². The normalized spacial score (nSPS) is 34.5. The van der Waals surface area contributed by atoms with Crippen molar-refractivity contribution in [3.8, 4) is 0 Å². The fourth-order valence-electron chi connectivity index (χ4n) is 2.01. The van der Waals surface area contributed by atoms with Crippen LogP contribution in [0.1, 0.15) is 6.23 Å². The van der Waals surface area contributed by atoms with Crippen molar-refractivity contribution in [3.63, 3.8) is 0 Å². The summed E-state index contributed by atoms with van der Waals surface area (Å²) in [6, 6.07) is 1.09. The van der Waals surface area contributed by atoms with E-state index < -0.39 is 41.9 Å². The molecule has 0 spiro atoms. The number of hydrogen-bond donors (Lipinski definition) is 4. The Morgan fingerprint density at radius 1 is 1.25 bits per heavy atom. The minimum Gasteiger partial charge on any atom is -0.387 e. The van der Waals surface area contributed by atoms with E-state index in [-0.39, 0.29) is 0 Å². The average molecular weight is 349 g/mol. The van der Waals surface area contributed by atoms with Gasteiger partial charge in [-0.05, 0) is 11.1 Å². The molecule has 1 saturated heterocycles. The Hall–Kier alpha value is -1.26. The highest BCUT2D eigenvalue weighted by Gasteiger charge is 2.44. The predicted octanol–water partition coefficient (Wildman–Crippen LogP) is -1.57. The van der Waals surface area contributed by atoms with Crippen molar-refractivity contribution in [3.05, 3.63) is 44.2 Å². The number of nitrogens with zero attached hydrogens (tertiary/aromatic N) is 1. The first-order chi connectivity index (χ1) is 9.47. The summed E-state index contributed by atoms with van der Waals surface area (Å²) in [4.78, 5) is 27.1. The fraction of sp³-hybridized carbons (Fsp3) is 0.455. The van der Waals surface area contributed by atoms with Crippen LogP contribution < -0.4 is 11.2 Å². The van der Waals surface area contributed by atoms with Gasteiger partial charge in [0, 0.05) is 12.3 Å². The Kier molecular flexibility index (Phi) is 4.55. The lowest BCUT2D eigenvalue weighted by Gasteiger charge is -2.39. The second kappa shape index (κ2) is 6.02. The van der Waals surface area contributed by atoms with Crippen molar-refractivity contribution in [2.45, 2.75) is 30.6 Å². The largest absolute Gasteiger partial charge is 0.387 e. The van der Waals surface area contributed by atoms with E-state index in [1.807, 2.05) is 0 Å². The molecule has 2 heterocycles. The molecule has 1 aromatic rings. The summed E-state index contributed by atoms with van der Waals surface area (Å²) in [6.45, 7) is 0. The van der Waals surface area contributed by atoms with E-state index >= 15 is 0 Å². The number of ether oxygens (including phenoxy) is 1. The monoisotopic (exact) mass is 348 g/mol. The van der Waals surface area contributed by atoms with Crippen LogP contribution in [0, 0.1) is 0 Å². The van der Waals surface area contributed by atoms with Crippen molar-refractivity contribution in [1.82, 2.24) is 9.55 Å². The second-order valence-corrected chi connectivity index (χ2v) is 4.80. The zero-order chi connectivity index (χ0) is 14.9. The molecule has 20 heavy (non-hydrogen) atoms. The van der Waals surface area contributed by atoms with Gasteiger partial charge in [0.15, 0.2) is 6.23 Å². The van der Waals surface area contributed by atoms with Crippen LogP contribution in [0.3, 0.4) is 0 Å². The molecule has 1 aliphatic heterocycles. The smallest absolute Gasteiger partial charge is 0.330 e. The molecule has 9 heteroatoms. The molecule has 0 aromatic carbocycles. The average Bonchev–Trinajstić information content (AvgIpc) is 2.41. The molecule has 0 bridgehead atoms. The summed E-state index contributed by atoms with van der Waals surface area (Å²) in [6.07, 6.45) is -4.40. The van der Waals surface area contributed by atoms with E-state index in [2.05, 4.69) is 20.9 Å². The SMILES string of the molecule is O=c1cc[nH]c(=O)n1[C@@H]1O[C@@H](/C=C/Br)[C@@H](O)[C@@H](O)[C@@H]1O. The topological polar surface area (TPSA) is 125 Å². The second-order valence-electron chi connectivity index (χ2n) is 4.27. The molecule has 2 rings (SSSR count). The van der Waals surface area contributed by atoms with Crippen molar-refractivity contribution in [2.24, 2.45) is 0 Å². The molecular weight excluding hydrogens is 336 g/mol. The maximum Gasteiger partial charge on any atom is 0.330 e. The standard InChI is InChI=1S/C11H13BrN2O6/c12-3-1-5-7(16)8(17)9(18)10(20-5)14-6(15)2-4-13-11(14)19/h1-5,7-10,16-18H,(H,13,19)/b3-1+/t5-,7+,8+,9-,10+/m0/s1. The predicted molar refractivity (Wildman–Crippen MR) is 71.3 cm³/mol. The van der Waals surface area contributed by atoms with Crippen LogP contribution in [0.2, 0.25) is 0 Å². The number of aromatic amines is 1. The molecular formula is C11H13BrN2O6. The lowest BCUT2D eigenvalue weighted by atomic mass is 9.98. The molecule has 1 aliphatic rings. The van der Waals surface area contributed by atoms with Crippen LogP contribution in [0.15, 0.2) is 32.9 Å². The van der Waals surface area contributed by atoms with E-state index in [0.717, 1.165) is 12.3 Å². The highest BCUT2D eigenvalue weighted by Crippen LogP contribution is 2.27. The number of nitrogens with one attached hydrogen (secondary N) is 1. The number of halogens is 1. The van der Waals surface area contributed by atoms with Gasteiger partial charge in [0.25, 0.3) is 5.56 Å². The van der Waals surface area contributed by atoms with E-state index in [0.29, 0.717) is 4.57 Å². The van der Waals surface area contributed by atoms with Gasteiger partial charge >= 0.3 is 5.69 Å². The van der Waals surface area contributed by atoms with Crippen molar-refractivity contribution in [2.75, 3.05) is 0 Å². The maximum absolute atomic E-state index is 11.7. The van der Waals surface area contributed by atoms with Gasteiger partial charge in [0.05, 0.1) is 0 Å². The Bertz CT molecular complexity index is 583. The van der Waals surface area contributed by atoms with E-state index in [1.54, 1.807) is 0 Å². The van der Waals surface area contributed by atoms with Crippen LogP contribution in [0.25, 0.3) is 0 Å². The van der Waals surface area contributed by atoms with Crippen LogP contribution in [-0.2, 0) is 4.74 Å². The number of aliphatic hydroxyl groups is 3. The van der Waals surface area contributed by atoms with Gasteiger partial charge in [-0.15, -0.1) is 0 Å². The minimum absolute atomic E-state index is 0.648. The van der Waals surface area contributed by atoms with Crippen molar-refractivity contribution in [1.29, 1.82) is 0 Å². The van der Waals surface area contributed by atoms with Gasteiger partial charge in [-0.3, -0.25) is 4.79 Å². The van der Waals surface area contributed by atoms with Crippen LogP contribution in [0.5, 0.6) is 0 Å². The molecule has 5 atom stereocenters. The third-order valence-electron chi connectivity index (χ3n) is 3.03. The molecule has 0 radical (unpaired) electrons. The maximum atomic E-state index is 11.7. The molecule has 4 N–H and O–H groups in total. The summed E-state index contributed by atoms with van der Waals surface area (Å²) in [7, 11) is 0. The first-order valence-electron chi connectivity index (χ1n) is 5.74. The first kappa shape index (κ1) is 15.1. The van der Waals surface area contributed by atoms with E-state index in [9.17, 15) is 24.9 Å². The van der Waals surface area contributed by atoms with E-state index in [4.69, 9.17) is 4.74 Å². The third kappa shape index (κ3) is 2.63. The molecule has 0 amide bonds. The summed E-state index contributed by atoms with van der Waals surface area (Å²) >= 11 is 3.00. The molecule has 8 nitrogen and oxygen atoms in total. The lowest BCUT2D eigenvalue weighted by Crippen LogP contribution is -2.58. The Morgan fingerprint density at radius 3 is 2.55 bits per heavy atom. The first-order valence-corrected chi connectivity index (χ1v) is 6.65. The van der Waals surface area contributed by atoms with Crippen molar-refractivity contribution >= 4 is 15.9 Å². The van der Waals surface area contributed by atoms with Crippen molar-refractivity contribution < 1.29 is 20.1 Å². The summed E-state index contributed by atoms with van der Waals surface area (Å²) in [5, 5.41) is 29.5. The highest BCUT2D eigenvalue weighted by atomic mass is 79.9. The summed E-state index contributed by atoms with van der Waals surface area (Å²) in [5.41, 5.74) is -1.48. The van der Waals surface area contributed by atoms with E-state index in [1.165, 1.54) is 11.1 Å². The summed E-state index contributed by atoms with van der Waals surface area (Å²) in [5.74, 6) is 0. The molecule has 1 aromatic heterocycles. The molecule has 1 fully saturated rings. The van der Waals surface area contributed by atoms with Gasteiger partial charge < -0.3 is 25.0 Å².